The Morgan fingerprint density at radius 1 is 1.14 bits per heavy atom. The van der Waals surface area contributed by atoms with Crippen LogP contribution in [0.4, 0.5) is 16.3 Å². The zero-order chi connectivity index (χ0) is 25.6. The summed E-state index contributed by atoms with van der Waals surface area (Å²) in [5.41, 5.74) is 0.408. The van der Waals surface area contributed by atoms with Gasteiger partial charge in [-0.2, -0.15) is 0 Å². The lowest BCUT2D eigenvalue weighted by Crippen LogP contribution is -2.41. The van der Waals surface area contributed by atoms with E-state index in [1.807, 2.05) is 4.72 Å². The Morgan fingerprint density at radius 3 is 2.46 bits per heavy atom. The maximum Gasteiger partial charge on any atom is 0.407 e. The van der Waals surface area contributed by atoms with Crippen LogP contribution in [-0.2, 0) is 14.8 Å². The molecular weight excluding hydrogens is 480 g/mol. The van der Waals surface area contributed by atoms with Crippen molar-refractivity contribution in [2.45, 2.75) is 37.2 Å². The third-order valence-electron chi connectivity index (χ3n) is 5.38. The number of rotatable bonds is 9. The molecule has 0 aliphatic carbocycles. The molecule has 13 heteroatoms. The minimum atomic E-state index is -4.05. The first-order chi connectivity index (χ1) is 16.7. The van der Waals surface area contributed by atoms with Gasteiger partial charge >= 0.3 is 6.09 Å². The van der Waals surface area contributed by atoms with E-state index in [0.717, 1.165) is 0 Å². The smallest absolute Gasteiger partial charge is 0.407 e. The number of anilines is 2. The van der Waals surface area contributed by atoms with Gasteiger partial charge in [0.05, 0.1) is 24.8 Å². The van der Waals surface area contributed by atoms with Gasteiger partial charge in [-0.3, -0.25) is 4.79 Å². The van der Waals surface area contributed by atoms with Gasteiger partial charge in [-0.1, -0.05) is 6.92 Å². The molecule has 0 saturated carbocycles. The van der Waals surface area contributed by atoms with E-state index in [-0.39, 0.29) is 23.2 Å². The van der Waals surface area contributed by atoms with E-state index in [2.05, 4.69) is 10.3 Å². The standard InChI is InChI=1S/C22H28N4O8S/c1-4-19(27)25-35(30,31)15-5-6-16(18(13-15)32-2)24-21-20(33-3)17(7-10-23-21)34-14-8-11-26(12-9-14)22(28)29/h5-7,10,13-14H,4,8-9,11-12H2,1-3H3,(H,23,24)(H,25,27)(H,28,29). The molecule has 35 heavy (non-hydrogen) atoms. The number of carboxylic acid groups (broad SMARTS) is 1. The zero-order valence-corrected chi connectivity index (χ0v) is 20.4. The fourth-order valence-electron chi connectivity index (χ4n) is 3.50. The molecule has 2 aromatic rings. The van der Waals surface area contributed by atoms with E-state index < -0.39 is 22.0 Å². The van der Waals surface area contributed by atoms with Crippen molar-refractivity contribution < 1.29 is 37.3 Å². The number of likely N-dealkylation sites (tertiary alicyclic amines) is 1. The van der Waals surface area contributed by atoms with Crippen molar-refractivity contribution in [3.63, 3.8) is 0 Å². The lowest BCUT2D eigenvalue weighted by molar-refractivity contribution is -0.119. The summed E-state index contributed by atoms with van der Waals surface area (Å²) in [6.07, 6.45) is 1.50. The first kappa shape index (κ1) is 25.9. The van der Waals surface area contributed by atoms with Crippen LogP contribution in [0.5, 0.6) is 17.2 Å². The van der Waals surface area contributed by atoms with Crippen molar-refractivity contribution in [2.24, 2.45) is 0 Å². The number of carbonyl (C=O) groups is 2. The summed E-state index contributed by atoms with van der Waals surface area (Å²) in [5, 5.41) is 12.2. The molecule has 2 heterocycles. The Hall–Kier alpha value is -3.74. The number of amides is 2. The second-order valence-electron chi connectivity index (χ2n) is 7.65. The van der Waals surface area contributed by atoms with Gasteiger partial charge in [0, 0.05) is 50.7 Å². The number of benzene rings is 1. The second kappa shape index (κ2) is 11.1. The number of ether oxygens (including phenoxy) is 3. The van der Waals surface area contributed by atoms with Crippen molar-refractivity contribution in [3.05, 3.63) is 30.5 Å². The number of carbonyl (C=O) groups excluding carboxylic acids is 1. The van der Waals surface area contributed by atoms with E-state index in [9.17, 15) is 18.0 Å². The number of piperidine rings is 1. The molecule has 3 rings (SSSR count). The number of nitrogens with zero attached hydrogens (tertiary/aromatic N) is 2. The molecule has 1 aliphatic heterocycles. The van der Waals surface area contributed by atoms with Crippen molar-refractivity contribution in [3.8, 4) is 17.2 Å². The van der Waals surface area contributed by atoms with Crippen molar-refractivity contribution in [1.82, 2.24) is 14.6 Å². The molecule has 12 nitrogen and oxygen atoms in total. The maximum absolute atomic E-state index is 12.4. The number of methoxy groups -OCH3 is 2. The number of sulfonamides is 1. The Labute approximate surface area is 203 Å². The Kier molecular flexibility index (Phi) is 8.22. The van der Waals surface area contributed by atoms with Crippen LogP contribution < -0.4 is 24.2 Å². The summed E-state index contributed by atoms with van der Waals surface area (Å²) in [6, 6.07) is 5.76. The van der Waals surface area contributed by atoms with E-state index in [1.54, 1.807) is 13.0 Å². The number of aromatic nitrogens is 1. The van der Waals surface area contributed by atoms with Crippen LogP contribution in [0.2, 0.25) is 0 Å². The molecule has 0 spiro atoms. The molecule has 1 aromatic heterocycles. The van der Waals surface area contributed by atoms with Gasteiger partial charge in [-0.15, -0.1) is 0 Å². The molecule has 0 unspecified atom stereocenters. The number of pyridine rings is 1. The van der Waals surface area contributed by atoms with Crippen molar-refractivity contribution in [2.75, 3.05) is 32.6 Å². The van der Waals surface area contributed by atoms with Gasteiger partial charge in [-0.25, -0.2) is 22.9 Å². The highest BCUT2D eigenvalue weighted by molar-refractivity contribution is 7.90. The highest BCUT2D eigenvalue weighted by atomic mass is 32.2. The molecule has 2 amide bonds. The van der Waals surface area contributed by atoms with E-state index in [0.29, 0.717) is 48.9 Å². The lowest BCUT2D eigenvalue weighted by Gasteiger charge is -2.30. The Balaban J connectivity index is 1.81. The summed E-state index contributed by atoms with van der Waals surface area (Å²) < 4.78 is 43.8. The summed E-state index contributed by atoms with van der Waals surface area (Å²) in [4.78, 5) is 28.2. The minimum Gasteiger partial charge on any atom is -0.495 e. The fraction of sp³-hybridized carbons (Fsp3) is 0.409. The molecule has 1 fully saturated rings. The summed E-state index contributed by atoms with van der Waals surface area (Å²) in [7, 11) is -1.20. The Morgan fingerprint density at radius 2 is 1.86 bits per heavy atom. The number of hydrogen-bond acceptors (Lipinski definition) is 9. The molecule has 1 aliphatic rings. The van der Waals surface area contributed by atoms with Gasteiger partial charge < -0.3 is 29.5 Å². The SMILES string of the molecule is CCC(=O)NS(=O)(=O)c1ccc(Nc2nccc(OC3CCN(C(=O)O)CC3)c2OC)c(OC)c1. The molecule has 0 radical (unpaired) electrons. The molecule has 0 bridgehead atoms. The van der Waals surface area contributed by atoms with Gasteiger partial charge in [0.15, 0.2) is 11.6 Å². The maximum atomic E-state index is 12.4. The normalized spacial score (nSPS) is 14.2. The first-order valence-electron chi connectivity index (χ1n) is 10.9. The van der Waals surface area contributed by atoms with E-state index in [1.165, 1.54) is 43.5 Å². The Bertz CT molecular complexity index is 1180. The highest BCUT2D eigenvalue weighted by Crippen LogP contribution is 2.38. The fourth-order valence-corrected chi connectivity index (χ4v) is 4.58. The van der Waals surface area contributed by atoms with Crippen LogP contribution in [0.15, 0.2) is 35.4 Å². The van der Waals surface area contributed by atoms with E-state index >= 15 is 0 Å². The van der Waals surface area contributed by atoms with Crippen LogP contribution in [0.3, 0.4) is 0 Å². The van der Waals surface area contributed by atoms with Crippen LogP contribution >= 0.6 is 0 Å². The molecular formula is C22H28N4O8S. The first-order valence-corrected chi connectivity index (χ1v) is 12.3. The van der Waals surface area contributed by atoms with Gasteiger partial charge in [0.2, 0.25) is 11.7 Å². The van der Waals surface area contributed by atoms with Crippen LogP contribution in [0, 0.1) is 0 Å². The second-order valence-corrected chi connectivity index (χ2v) is 9.33. The number of hydrogen-bond donors (Lipinski definition) is 3. The quantitative estimate of drug-likeness (QED) is 0.460. The number of nitrogens with one attached hydrogen (secondary N) is 2. The van der Waals surface area contributed by atoms with E-state index in [4.69, 9.17) is 19.3 Å². The third kappa shape index (κ3) is 6.23. The van der Waals surface area contributed by atoms with Crippen LogP contribution in [0.25, 0.3) is 0 Å². The lowest BCUT2D eigenvalue weighted by atomic mass is 10.1. The topological polar surface area (TPSA) is 156 Å². The molecule has 0 atom stereocenters. The monoisotopic (exact) mass is 508 g/mol. The molecule has 3 N–H and O–H groups in total. The zero-order valence-electron chi connectivity index (χ0n) is 19.6. The predicted molar refractivity (Wildman–Crippen MR) is 126 cm³/mol. The third-order valence-corrected chi connectivity index (χ3v) is 6.76. The molecule has 1 aromatic carbocycles. The summed E-state index contributed by atoms with van der Waals surface area (Å²) >= 11 is 0. The minimum absolute atomic E-state index is 0.0263. The molecule has 1 saturated heterocycles. The largest absolute Gasteiger partial charge is 0.495 e. The average Bonchev–Trinajstić information content (AvgIpc) is 2.84. The molecule has 190 valence electrons. The van der Waals surface area contributed by atoms with Gasteiger partial charge in [-0.05, 0) is 12.1 Å². The average molecular weight is 509 g/mol. The summed E-state index contributed by atoms with van der Waals surface area (Å²) in [6.45, 7) is 2.31. The van der Waals surface area contributed by atoms with Crippen molar-refractivity contribution in [1.29, 1.82) is 0 Å². The van der Waals surface area contributed by atoms with Crippen LogP contribution in [-0.4, -0.2) is 68.8 Å². The van der Waals surface area contributed by atoms with Crippen LogP contribution in [0.1, 0.15) is 26.2 Å². The van der Waals surface area contributed by atoms with Crippen molar-refractivity contribution >= 4 is 33.5 Å². The van der Waals surface area contributed by atoms with Gasteiger partial charge in [0.25, 0.3) is 10.0 Å². The highest BCUT2D eigenvalue weighted by Gasteiger charge is 2.25. The van der Waals surface area contributed by atoms with Gasteiger partial charge in [0.1, 0.15) is 11.9 Å². The summed E-state index contributed by atoms with van der Waals surface area (Å²) in [5.74, 6) is 0.640. The predicted octanol–water partition coefficient (Wildman–Crippen LogP) is 2.58.